The first kappa shape index (κ1) is 18.5. The third-order valence-corrected chi connectivity index (χ3v) is 4.11. The molecule has 7 nitrogen and oxygen atoms in total. The molecular formula is C19H15BrN4O3. The number of nitro groups is 1. The van der Waals surface area contributed by atoms with E-state index in [1.807, 2.05) is 48.5 Å². The minimum atomic E-state index is -0.514. The maximum Gasteiger partial charge on any atom is 0.313 e. The van der Waals surface area contributed by atoms with Crippen molar-refractivity contribution in [3.8, 4) is 5.75 Å². The molecular weight excluding hydrogens is 412 g/mol. The van der Waals surface area contributed by atoms with Crippen LogP contribution in [0.15, 0.2) is 76.4 Å². The molecule has 0 amide bonds. The van der Waals surface area contributed by atoms with Gasteiger partial charge in [0, 0.05) is 22.3 Å². The summed E-state index contributed by atoms with van der Waals surface area (Å²) in [5, 5.41) is 15.1. The third kappa shape index (κ3) is 5.11. The van der Waals surface area contributed by atoms with Crippen LogP contribution in [0.3, 0.4) is 0 Å². The van der Waals surface area contributed by atoms with Crippen molar-refractivity contribution in [3.05, 3.63) is 92.6 Å². The highest BCUT2D eigenvalue weighted by atomic mass is 79.9. The molecule has 8 heteroatoms. The number of ether oxygens (including phenoxy) is 1. The van der Waals surface area contributed by atoms with Gasteiger partial charge in [0.25, 0.3) is 0 Å². The number of halogens is 1. The molecule has 0 fully saturated rings. The highest BCUT2D eigenvalue weighted by molar-refractivity contribution is 9.10. The monoisotopic (exact) mass is 426 g/mol. The van der Waals surface area contributed by atoms with Gasteiger partial charge in [0.15, 0.2) is 0 Å². The standard InChI is InChI=1S/C19H15BrN4O3/c20-16-9-7-14(8-10-16)13-27-18-6-2-1-4-15(18)12-22-23-19-17(24(25)26)5-3-11-21-19/h1-12H,13H2,(H,21,23)/b22-12-. The maximum atomic E-state index is 11.0. The Morgan fingerprint density at radius 3 is 2.70 bits per heavy atom. The second-order valence-electron chi connectivity index (χ2n) is 5.45. The van der Waals surface area contributed by atoms with Gasteiger partial charge in [0.1, 0.15) is 12.4 Å². The van der Waals surface area contributed by atoms with Gasteiger partial charge in [-0.15, -0.1) is 0 Å². The van der Waals surface area contributed by atoms with Crippen LogP contribution in [0.1, 0.15) is 11.1 Å². The lowest BCUT2D eigenvalue weighted by molar-refractivity contribution is -0.384. The molecule has 3 aromatic rings. The molecule has 3 rings (SSSR count). The van der Waals surface area contributed by atoms with Crippen LogP contribution in [-0.4, -0.2) is 16.1 Å². The molecule has 0 aliphatic carbocycles. The van der Waals surface area contributed by atoms with Crippen LogP contribution < -0.4 is 10.2 Å². The van der Waals surface area contributed by atoms with E-state index < -0.39 is 4.92 Å². The van der Waals surface area contributed by atoms with Gasteiger partial charge in [-0.05, 0) is 35.9 Å². The Kier molecular flexibility index (Phi) is 6.11. The zero-order valence-electron chi connectivity index (χ0n) is 14.1. The molecule has 1 aromatic heterocycles. The molecule has 27 heavy (non-hydrogen) atoms. The van der Waals surface area contributed by atoms with E-state index >= 15 is 0 Å². The number of nitrogens with one attached hydrogen (secondary N) is 1. The molecule has 1 N–H and O–H groups in total. The van der Waals surface area contributed by atoms with Crippen molar-refractivity contribution in [2.45, 2.75) is 6.61 Å². The average molecular weight is 427 g/mol. The van der Waals surface area contributed by atoms with Crippen LogP contribution in [0, 0.1) is 10.1 Å². The van der Waals surface area contributed by atoms with E-state index in [4.69, 9.17) is 4.74 Å². The van der Waals surface area contributed by atoms with Crippen LogP contribution in [0.4, 0.5) is 11.5 Å². The summed E-state index contributed by atoms with van der Waals surface area (Å²) < 4.78 is 6.88. The largest absolute Gasteiger partial charge is 0.488 e. The number of rotatable bonds is 7. The minimum absolute atomic E-state index is 0.0759. The Labute approximate surface area is 164 Å². The van der Waals surface area contributed by atoms with E-state index in [1.165, 1.54) is 24.5 Å². The lowest BCUT2D eigenvalue weighted by atomic mass is 10.2. The maximum absolute atomic E-state index is 11.0. The summed E-state index contributed by atoms with van der Waals surface area (Å²) in [5.74, 6) is 0.730. The number of hydrogen-bond acceptors (Lipinski definition) is 6. The van der Waals surface area contributed by atoms with Crippen molar-refractivity contribution in [1.82, 2.24) is 4.98 Å². The summed E-state index contributed by atoms with van der Waals surface area (Å²) in [6, 6.07) is 18.1. The van der Waals surface area contributed by atoms with Gasteiger partial charge in [0.2, 0.25) is 5.82 Å². The van der Waals surface area contributed by atoms with Crippen LogP contribution in [0.25, 0.3) is 0 Å². The Morgan fingerprint density at radius 2 is 1.93 bits per heavy atom. The molecule has 0 saturated carbocycles. The van der Waals surface area contributed by atoms with E-state index in [2.05, 4.69) is 31.4 Å². The van der Waals surface area contributed by atoms with E-state index in [9.17, 15) is 10.1 Å². The van der Waals surface area contributed by atoms with Gasteiger partial charge in [-0.25, -0.2) is 4.98 Å². The topological polar surface area (TPSA) is 89.7 Å². The lowest BCUT2D eigenvalue weighted by Gasteiger charge is -2.09. The SMILES string of the molecule is O=[N+]([O-])c1cccnc1N/N=C\c1ccccc1OCc1ccc(Br)cc1. The van der Waals surface area contributed by atoms with Crippen LogP contribution in [-0.2, 0) is 6.61 Å². The summed E-state index contributed by atoms with van der Waals surface area (Å²) in [6.45, 7) is 0.414. The van der Waals surface area contributed by atoms with E-state index in [0.717, 1.165) is 15.6 Å². The van der Waals surface area contributed by atoms with Crippen molar-refractivity contribution in [1.29, 1.82) is 0 Å². The highest BCUT2D eigenvalue weighted by Gasteiger charge is 2.13. The van der Waals surface area contributed by atoms with Gasteiger partial charge < -0.3 is 4.74 Å². The lowest BCUT2D eigenvalue weighted by Crippen LogP contribution is -2.01. The Balaban J connectivity index is 1.69. The van der Waals surface area contributed by atoms with E-state index in [0.29, 0.717) is 12.4 Å². The summed E-state index contributed by atoms with van der Waals surface area (Å²) in [4.78, 5) is 14.4. The van der Waals surface area contributed by atoms with Crippen molar-refractivity contribution in [3.63, 3.8) is 0 Å². The minimum Gasteiger partial charge on any atom is -0.488 e. The zero-order valence-corrected chi connectivity index (χ0v) is 15.7. The summed E-state index contributed by atoms with van der Waals surface area (Å²) in [7, 11) is 0. The van der Waals surface area contributed by atoms with Crippen molar-refractivity contribution in [2.24, 2.45) is 5.10 Å². The second kappa shape index (κ2) is 8.91. The Hall–Kier alpha value is -3.26. The molecule has 0 radical (unpaired) electrons. The molecule has 0 aliphatic heterocycles. The first-order valence-electron chi connectivity index (χ1n) is 7.98. The number of hydrogen-bond donors (Lipinski definition) is 1. The molecule has 2 aromatic carbocycles. The fourth-order valence-corrected chi connectivity index (χ4v) is 2.52. The number of benzene rings is 2. The predicted octanol–water partition coefficient (Wildman–Crippen LogP) is 4.78. The van der Waals surface area contributed by atoms with Crippen LogP contribution in [0.2, 0.25) is 0 Å². The van der Waals surface area contributed by atoms with Crippen LogP contribution in [0.5, 0.6) is 5.75 Å². The Morgan fingerprint density at radius 1 is 1.15 bits per heavy atom. The normalized spacial score (nSPS) is 10.7. The molecule has 0 spiro atoms. The third-order valence-electron chi connectivity index (χ3n) is 3.58. The number of para-hydroxylation sites is 1. The summed E-state index contributed by atoms with van der Waals surface area (Å²) in [6.07, 6.45) is 3.00. The van der Waals surface area contributed by atoms with Gasteiger partial charge in [-0.3, -0.25) is 15.5 Å². The molecule has 0 saturated heterocycles. The first-order valence-corrected chi connectivity index (χ1v) is 8.77. The number of aromatic nitrogens is 1. The Bertz CT molecular complexity index is 961. The first-order chi connectivity index (χ1) is 13.1. The van der Waals surface area contributed by atoms with Crippen molar-refractivity contribution < 1.29 is 9.66 Å². The molecule has 0 bridgehead atoms. The predicted molar refractivity (Wildman–Crippen MR) is 107 cm³/mol. The fraction of sp³-hybridized carbons (Fsp3) is 0.0526. The van der Waals surface area contributed by atoms with Crippen LogP contribution >= 0.6 is 15.9 Å². The molecule has 0 unspecified atom stereocenters. The summed E-state index contributed by atoms with van der Waals surface area (Å²) >= 11 is 3.40. The van der Waals surface area contributed by atoms with Gasteiger partial charge in [-0.1, -0.05) is 40.2 Å². The van der Waals surface area contributed by atoms with E-state index in [1.54, 1.807) is 0 Å². The quantitative estimate of drug-likeness (QED) is 0.333. The van der Waals surface area contributed by atoms with Gasteiger partial charge >= 0.3 is 5.69 Å². The summed E-state index contributed by atoms with van der Waals surface area (Å²) in [5.41, 5.74) is 4.23. The molecule has 0 atom stereocenters. The van der Waals surface area contributed by atoms with Gasteiger partial charge in [0.05, 0.1) is 11.1 Å². The molecule has 136 valence electrons. The van der Waals surface area contributed by atoms with E-state index in [-0.39, 0.29) is 11.5 Å². The number of pyridine rings is 1. The second-order valence-corrected chi connectivity index (χ2v) is 6.37. The van der Waals surface area contributed by atoms with Crippen molar-refractivity contribution in [2.75, 3.05) is 5.43 Å². The number of hydrazone groups is 1. The fourth-order valence-electron chi connectivity index (χ4n) is 2.25. The smallest absolute Gasteiger partial charge is 0.313 e. The molecule has 1 heterocycles. The average Bonchev–Trinajstić information content (AvgIpc) is 2.69. The zero-order chi connectivity index (χ0) is 19.1. The van der Waals surface area contributed by atoms with Crippen molar-refractivity contribution >= 4 is 33.6 Å². The van der Waals surface area contributed by atoms with Gasteiger partial charge in [-0.2, -0.15) is 5.10 Å². The molecule has 0 aliphatic rings. The highest BCUT2D eigenvalue weighted by Crippen LogP contribution is 2.21. The number of nitrogens with zero attached hydrogens (tertiary/aromatic N) is 3. The number of anilines is 1.